The number of hydrogen-bond acceptors (Lipinski definition) is 2. The predicted octanol–water partition coefficient (Wildman–Crippen LogP) is 3.93. The van der Waals surface area contributed by atoms with Crippen molar-refractivity contribution in [3.05, 3.63) is 36.4 Å². The van der Waals surface area contributed by atoms with Gasteiger partial charge in [-0.05, 0) is 49.8 Å². The minimum absolute atomic E-state index is 0.527. The third-order valence-electron chi connectivity index (χ3n) is 2.70. The Morgan fingerprint density at radius 1 is 1.27 bits per heavy atom. The largest absolute Gasteiger partial charge is 0.379 e. The second kappa shape index (κ2) is 5.26. The summed E-state index contributed by atoms with van der Waals surface area (Å²) in [4.78, 5) is 1.32. The molecule has 0 spiro atoms. The fourth-order valence-electron chi connectivity index (χ4n) is 1.83. The SMILES string of the molecule is CSc1ccc(NC2C=CCCC2)cc1. The molecule has 0 heterocycles. The van der Waals surface area contributed by atoms with Gasteiger partial charge < -0.3 is 5.32 Å². The molecule has 0 aromatic heterocycles. The van der Waals surface area contributed by atoms with Gasteiger partial charge in [0.05, 0.1) is 0 Å². The number of nitrogens with one attached hydrogen (secondary N) is 1. The maximum Gasteiger partial charge on any atom is 0.0444 e. The lowest BCUT2D eigenvalue weighted by Gasteiger charge is -2.19. The summed E-state index contributed by atoms with van der Waals surface area (Å²) in [5.74, 6) is 0. The number of anilines is 1. The number of allylic oxidation sites excluding steroid dienone is 1. The van der Waals surface area contributed by atoms with Crippen molar-refractivity contribution in [1.29, 1.82) is 0 Å². The van der Waals surface area contributed by atoms with Gasteiger partial charge in [0.2, 0.25) is 0 Å². The molecule has 0 radical (unpaired) electrons. The highest BCUT2D eigenvalue weighted by atomic mass is 32.2. The van der Waals surface area contributed by atoms with Gasteiger partial charge >= 0.3 is 0 Å². The van der Waals surface area contributed by atoms with E-state index < -0.39 is 0 Å². The van der Waals surface area contributed by atoms with Gasteiger partial charge in [0.1, 0.15) is 0 Å². The van der Waals surface area contributed by atoms with E-state index in [9.17, 15) is 0 Å². The van der Waals surface area contributed by atoms with E-state index >= 15 is 0 Å². The van der Waals surface area contributed by atoms with Crippen molar-refractivity contribution in [2.45, 2.75) is 30.2 Å². The standard InChI is InChI=1S/C13H17NS/c1-15-13-9-7-12(8-10-13)14-11-5-3-2-4-6-11/h3,5,7-11,14H,2,4,6H2,1H3. The van der Waals surface area contributed by atoms with Crippen LogP contribution in [0.2, 0.25) is 0 Å². The van der Waals surface area contributed by atoms with Crippen LogP contribution in [-0.4, -0.2) is 12.3 Å². The fraction of sp³-hybridized carbons (Fsp3) is 0.385. The zero-order valence-corrected chi connectivity index (χ0v) is 9.89. The Morgan fingerprint density at radius 2 is 2.07 bits per heavy atom. The van der Waals surface area contributed by atoms with Gasteiger partial charge in [0.15, 0.2) is 0 Å². The van der Waals surface area contributed by atoms with Crippen molar-refractivity contribution in [2.24, 2.45) is 0 Å². The second-order valence-electron chi connectivity index (χ2n) is 3.84. The Kier molecular flexibility index (Phi) is 3.73. The lowest BCUT2D eigenvalue weighted by atomic mass is 10.0. The molecule has 1 aromatic carbocycles. The van der Waals surface area contributed by atoms with Crippen LogP contribution in [0, 0.1) is 0 Å². The van der Waals surface area contributed by atoms with Crippen LogP contribution in [0.4, 0.5) is 5.69 Å². The van der Waals surface area contributed by atoms with Crippen molar-refractivity contribution in [3.8, 4) is 0 Å². The first-order valence-electron chi connectivity index (χ1n) is 5.46. The first-order valence-corrected chi connectivity index (χ1v) is 6.68. The highest BCUT2D eigenvalue weighted by Crippen LogP contribution is 2.20. The molecule has 0 fully saturated rings. The normalized spacial score (nSPS) is 20.2. The van der Waals surface area contributed by atoms with Gasteiger partial charge in [-0.15, -0.1) is 11.8 Å². The summed E-state index contributed by atoms with van der Waals surface area (Å²) >= 11 is 1.78. The van der Waals surface area contributed by atoms with Crippen LogP contribution >= 0.6 is 11.8 Å². The molecule has 0 saturated carbocycles. The molecule has 2 heteroatoms. The van der Waals surface area contributed by atoms with Crippen molar-refractivity contribution >= 4 is 17.4 Å². The number of hydrogen-bond donors (Lipinski definition) is 1. The third kappa shape index (κ3) is 3.03. The first kappa shape index (κ1) is 10.6. The van der Waals surface area contributed by atoms with Crippen molar-refractivity contribution in [2.75, 3.05) is 11.6 Å². The molecule has 1 aliphatic carbocycles. The molecule has 1 nitrogen and oxygen atoms in total. The molecule has 0 aliphatic heterocycles. The van der Waals surface area contributed by atoms with E-state index in [0.717, 1.165) is 0 Å². The van der Waals surface area contributed by atoms with Crippen LogP contribution in [0.15, 0.2) is 41.3 Å². The smallest absolute Gasteiger partial charge is 0.0444 e. The zero-order chi connectivity index (χ0) is 10.5. The van der Waals surface area contributed by atoms with Crippen LogP contribution < -0.4 is 5.32 Å². The van der Waals surface area contributed by atoms with E-state index in [1.54, 1.807) is 11.8 Å². The van der Waals surface area contributed by atoms with Crippen LogP contribution in [0.3, 0.4) is 0 Å². The van der Waals surface area contributed by atoms with E-state index in [1.165, 1.54) is 29.8 Å². The Labute approximate surface area is 96.0 Å². The third-order valence-corrected chi connectivity index (χ3v) is 3.44. The van der Waals surface area contributed by atoms with Gasteiger partial charge in [-0.1, -0.05) is 12.2 Å². The molecule has 80 valence electrons. The van der Waals surface area contributed by atoms with Crippen LogP contribution in [-0.2, 0) is 0 Å². The average Bonchev–Trinajstić information content (AvgIpc) is 2.31. The molecule has 1 N–H and O–H groups in total. The van der Waals surface area contributed by atoms with E-state index in [-0.39, 0.29) is 0 Å². The van der Waals surface area contributed by atoms with Crippen LogP contribution in [0.25, 0.3) is 0 Å². The predicted molar refractivity (Wildman–Crippen MR) is 68.6 cm³/mol. The summed E-state index contributed by atoms with van der Waals surface area (Å²) in [6, 6.07) is 9.18. The minimum atomic E-state index is 0.527. The second-order valence-corrected chi connectivity index (χ2v) is 4.72. The minimum Gasteiger partial charge on any atom is -0.379 e. The Balaban J connectivity index is 1.97. The van der Waals surface area contributed by atoms with E-state index in [0.29, 0.717) is 6.04 Å². The molecule has 1 atom stereocenters. The summed E-state index contributed by atoms with van der Waals surface area (Å²) in [7, 11) is 0. The summed E-state index contributed by atoms with van der Waals surface area (Å²) in [6.45, 7) is 0. The molecule has 15 heavy (non-hydrogen) atoms. The summed E-state index contributed by atoms with van der Waals surface area (Å²) in [5.41, 5.74) is 1.23. The monoisotopic (exact) mass is 219 g/mol. The average molecular weight is 219 g/mol. The van der Waals surface area contributed by atoms with Crippen molar-refractivity contribution < 1.29 is 0 Å². The van der Waals surface area contributed by atoms with E-state index in [2.05, 4.69) is 48.0 Å². The van der Waals surface area contributed by atoms with Gasteiger partial charge in [0.25, 0.3) is 0 Å². The highest BCUT2D eigenvalue weighted by Gasteiger charge is 2.07. The molecule has 1 unspecified atom stereocenters. The molecule has 0 saturated heterocycles. The van der Waals surface area contributed by atoms with Gasteiger partial charge in [-0.2, -0.15) is 0 Å². The first-order chi connectivity index (χ1) is 7.38. The number of thioether (sulfide) groups is 1. The van der Waals surface area contributed by atoms with Crippen molar-refractivity contribution in [3.63, 3.8) is 0 Å². The summed E-state index contributed by atoms with van der Waals surface area (Å²) in [5, 5.41) is 3.54. The highest BCUT2D eigenvalue weighted by molar-refractivity contribution is 7.98. The molecule has 0 bridgehead atoms. The Hall–Kier alpha value is -0.890. The molecule has 2 rings (SSSR count). The number of rotatable bonds is 3. The maximum absolute atomic E-state index is 3.54. The van der Waals surface area contributed by atoms with Crippen molar-refractivity contribution in [1.82, 2.24) is 0 Å². The zero-order valence-electron chi connectivity index (χ0n) is 9.07. The van der Waals surface area contributed by atoms with Crippen LogP contribution in [0.5, 0.6) is 0 Å². The quantitative estimate of drug-likeness (QED) is 0.610. The maximum atomic E-state index is 3.54. The molecule has 1 aromatic rings. The fourth-order valence-corrected chi connectivity index (χ4v) is 2.24. The summed E-state index contributed by atoms with van der Waals surface area (Å²) in [6.07, 6.45) is 10.5. The Bertz CT molecular complexity index is 329. The molecular formula is C13H17NS. The lowest BCUT2D eigenvalue weighted by Crippen LogP contribution is -2.18. The number of benzene rings is 1. The van der Waals surface area contributed by atoms with Gasteiger partial charge in [0, 0.05) is 16.6 Å². The molecule has 1 aliphatic rings. The summed E-state index contributed by atoms with van der Waals surface area (Å²) < 4.78 is 0. The Morgan fingerprint density at radius 3 is 2.67 bits per heavy atom. The van der Waals surface area contributed by atoms with E-state index in [4.69, 9.17) is 0 Å². The topological polar surface area (TPSA) is 12.0 Å². The van der Waals surface area contributed by atoms with Crippen LogP contribution in [0.1, 0.15) is 19.3 Å². The van der Waals surface area contributed by atoms with Gasteiger partial charge in [-0.3, -0.25) is 0 Å². The lowest BCUT2D eigenvalue weighted by molar-refractivity contribution is 0.674. The molecular weight excluding hydrogens is 202 g/mol. The molecule has 0 amide bonds. The van der Waals surface area contributed by atoms with E-state index in [1.807, 2.05) is 0 Å². The van der Waals surface area contributed by atoms with Gasteiger partial charge in [-0.25, -0.2) is 0 Å².